The summed E-state index contributed by atoms with van der Waals surface area (Å²) in [6.07, 6.45) is 3.70. The molecule has 0 bridgehead atoms. The Balaban J connectivity index is 1.53. The normalized spacial score (nSPS) is 18.2. The third-order valence-corrected chi connectivity index (χ3v) is 4.60. The molecular weight excluding hydrogens is 308 g/mol. The first-order valence-corrected chi connectivity index (χ1v) is 8.08. The predicted octanol–water partition coefficient (Wildman–Crippen LogP) is 1.72. The monoisotopic (exact) mass is 326 g/mol. The molecule has 124 valence electrons. The highest BCUT2D eigenvalue weighted by Gasteiger charge is 2.26. The third kappa shape index (κ3) is 2.62. The van der Waals surface area contributed by atoms with Crippen LogP contribution < -0.4 is 5.76 Å². The Kier molecular flexibility index (Phi) is 3.68. The predicted molar refractivity (Wildman–Crippen MR) is 87.6 cm³/mol. The molecule has 1 amide bonds. The summed E-state index contributed by atoms with van der Waals surface area (Å²) in [4.78, 5) is 26.5. The van der Waals surface area contributed by atoms with Gasteiger partial charge in [-0.25, -0.2) is 4.79 Å². The Morgan fingerprint density at radius 2 is 2.21 bits per heavy atom. The molecule has 0 radical (unpaired) electrons. The van der Waals surface area contributed by atoms with E-state index in [4.69, 9.17) is 4.42 Å². The number of hydrogen-bond acceptors (Lipinski definition) is 4. The minimum atomic E-state index is -0.494. The van der Waals surface area contributed by atoms with Crippen LogP contribution in [0, 0.1) is 0 Å². The summed E-state index contributed by atoms with van der Waals surface area (Å²) in [6, 6.07) is 9.10. The maximum Gasteiger partial charge on any atom is 0.420 e. The van der Waals surface area contributed by atoms with Crippen LogP contribution in [0.25, 0.3) is 11.1 Å². The van der Waals surface area contributed by atoms with Crippen molar-refractivity contribution >= 4 is 17.0 Å². The molecule has 3 heterocycles. The minimum absolute atomic E-state index is 0.00550. The molecule has 1 atom stereocenters. The molecule has 0 aliphatic carbocycles. The van der Waals surface area contributed by atoms with Crippen molar-refractivity contribution in [2.45, 2.75) is 25.3 Å². The zero-order chi connectivity index (χ0) is 16.5. The lowest BCUT2D eigenvalue weighted by atomic mass is 9.95. The molecule has 7 heteroatoms. The van der Waals surface area contributed by atoms with Gasteiger partial charge >= 0.3 is 5.76 Å². The molecule has 0 unspecified atom stereocenters. The number of hydrogen-bond donors (Lipinski definition) is 1. The molecule has 3 aromatic rings. The van der Waals surface area contributed by atoms with E-state index < -0.39 is 5.76 Å². The molecule has 4 rings (SSSR count). The van der Waals surface area contributed by atoms with Crippen LogP contribution in [-0.4, -0.2) is 38.7 Å². The number of benzene rings is 1. The van der Waals surface area contributed by atoms with E-state index in [0.717, 1.165) is 18.5 Å². The van der Waals surface area contributed by atoms with Gasteiger partial charge in [0.05, 0.1) is 5.52 Å². The van der Waals surface area contributed by atoms with Crippen LogP contribution in [0.4, 0.5) is 0 Å². The van der Waals surface area contributed by atoms with Gasteiger partial charge in [0.15, 0.2) is 5.58 Å². The summed E-state index contributed by atoms with van der Waals surface area (Å²) >= 11 is 0. The highest BCUT2D eigenvalue weighted by atomic mass is 16.4. The van der Waals surface area contributed by atoms with Crippen LogP contribution >= 0.6 is 0 Å². The van der Waals surface area contributed by atoms with E-state index in [-0.39, 0.29) is 18.4 Å². The summed E-state index contributed by atoms with van der Waals surface area (Å²) < 4.78 is 6.59. The topological polar surface area (TPSA) is 84.1 Å². The second kappa shape index (κ2) is 5.99. The Morgan fingerprint density at radius 1 is 1.33 bits per heavy atom. The summed E-state index contributed by atoms with van der Waals surface area (Å²) in [5.41, 5.74) is 2.21. The molecule has 1 N–H and O–H groups in total. The van der Waals surface area contributed by atoms with Gasteiger partial charge in [0.25, 0.3) is 0 Å². The van der Waals surface area contributed by atoms with E-state index in [1.807, 2.05) is 17.0 Å². The number of H-pyrrole nitrogens is 1. The lowest BCUT2D eigenvalue weighted by molar-refractivity contribution is -0.133. The quantitative estimate of drug-likeness (QED) is 0.794. The molecule has 1 fully saturated rings. The number of oxazole rings is 1. The SMILES string of the molecule is O=C(Cn1c(=O)oc2ccccc21)N1CCC[C@H](c2ccn[nH]2)C1. The number of piperidine rings is 1. The number of amides is 1. The number of para-hydroxylation sites is 2. The molecule has 1 saturated heterocycles. The van der Waals surface area contributed by atoms with E-state index >= 15 is 0 Å². The van der Waals surface area contributed by atoms with Crippen LogP contribution in [0.3, 0.4) is 0 Å². The summed E-state index contributed by atoms with van der Waals surface area (Å²) in [7, 11) is 0. The number of likely N-dealkylation sites (tertiary alicyclic amines) is 1. The van der Waals surface area contributed by atoms with Crippen LogP contribution in [0.1, 0.15) is 24.5 Å². The first-order chi connectivity index (χ1) is 11.7. The molecule has 1 aliphatic heterocycles. The largest absolute Gasteiger partial charge is 0.420 e. The van der Waals surface area contributed by atoms with Gasteiger partial charge in [-0.15, -0.1) is 0 Å². The Bertz CT molecular complexity index is 909. The number of carbonyl (C=O) groups is 1. The van der Waals surface area contributed by atoms with Gasteiger partial charge in [0, 0.05) is 30.9 Å². The van der Waals surface area contributed by atoms with E-state index in [1.165, 1.54) is 4.57 Å². The van der Waals surface area contributed by atoms with Crippen molar-refractivity contribution in [2.24, 2.45) is 0 Å². The maximum absolute atomic E-state index is 12.7. The molecule has 2 aromatic heterocycles. The number of aromatic nitrogens is 3. The zero-order valence-corrected chi connectivity index (χ0v) is 13.1. The minimum Gasteiger partial charge on any atom is -0.408 e. The van der Waals surface area contributed by atoms with E-state index in [9.17, 15) is 9.59 Å². The smallest absolute Gasteiger partial charge is 0.408 e. The van der Waals surface area contributed by atoms with E-state index in [1.54, 1.807) is 24.4 Å². The van der Waals surface area contributed by atoms with Crippen molar-refractivity contribution < 1.29 is 9.21 Å². The molecule has 1 aromatic carbocycles. The average molecular weight is 326 g/mol. The first-order valence-electron chi connectivity index (χ1n) is 8.08. The molecule has 7 nitrogen and oxygen atoms in total. The maximum atomic E-state index is 12.7. The number of carbonyl (C=O) groups excluding carboxylic acids is 1. The van der Waals surface area contributed by atoms with Crippen molar-refractivity contribution in [2.75, 3.05) is 13.1 Å². The second-order valence-electron chi connectivity index (χ2n) is 6.11. The molecule has 24 heavy (non-hydrogen) atoms. The van der Waals surface area contributed by atoms with Gasteiger partial charge in [-0.1, -0.05) is 12.1 Å². The Hall–Kier alpha value is -2.83. The lowest BCUT2D eigenvalue weighted by Gasteiger charge is -2.32. The Labute approximate surface area is 137 Å². The van der Waals surface area contributed by atoms with Crippen molar-refractivity contribution in [1.29, 1.82) is 0 Å². The number of aromatic amines is 1. The fourth-order valence-corrected chi connectivity index (χ4v) is 3.35. The Morgan fingerprint density at radius 3 is 3.04 bits per heavy atom. The zero-order valence-electron chi connectivity index (χ0n) is 13.1. The van der Waals surface area contributed by atoms with Crippen LogP contribution in [0.2, 0.25) is 0 Å². The van der Waals surface area contributed by atoms with Gasteiger partial charge in [-0.3, -0.25) is 14.5 Å². The van der Waals surface area contributed by atoms with E-state index in [0.29, 0.717) is 24.2 Å². The van der Waals surface area contributed by atoms with Gasteiger partial charge in [0.1, 0.15) is 6.54 Å². The van der Waals surface area contributed by atoms with Gasteiger partial charge < -0.3 is 9.32 Å². The number of fused-ring (bicyclic) bond motifs is 1. The number of rotatable bonds is 3. The first kappa shape index (κ1) is 14.7. The van der Waals surface area contributed by atoms with E-state index in [2.05, 4.69) is 10.2 Å². The van der Waals surface area contributed by atoms with Gasteiger partial charge in [-0.2, -0.15) is 5.10 Å². The number of nitrogens with zero attached hydrogens (tertiary/aromatic N) is 3. The fourth-order valence-electron chi connectivity index (χ4n) is 3.35. The highest BCUT2D eigenvalue weighted by Crippen LogP contribution is 2.25. The highest BCUT2D eigenvalue weighted by molar-refractivity contribution is 5.79. The van der Waals surface area contributed by atoms with Gasteiger partial charge in [0.2, 0.25) is 5.91 Å². The standard InChI is InChI=1S/C17H18N4O3/c22-16(11-21-14-5-1-2-6-15(14)24-17(21)23)20-9-3-4-12(10-20)13-7-8-18-19-13/h1-2,5-8,12H,3-4,9-11H2,(H,18,19)/t12-/m0/s1. The van der Waals surface area contributed by atoms with Crippen LogP contribution in [0.5, 0.6) is 0 Å². The van der Waals surface area contributed by atoms with Crippen molar-refractivity contribution in [3.63, 3.8) is 0 Å². The van der Waals surface area contributed by atoms with Crippen molar-refractivity contribution in [3.8, 4) is 0 Å². The summed E-state index contributed by atoms with van der Waals surface area (Å²) in [5.74, 6) is -0.289. The molecule has 1 aliphatic rings. The molecule has 0 spiro atoms. The summed E-state index contributed by atoms with van der Waals surface area (Å²) in [5, 5.41) is 6.97. The van der Waals surface area contributed by atoms with Crippen LogP contribution in [-0.2, 0) is 11.3 Å². The summed E-state index contributed by atoms with van der Waals surface area (Å²) in [6.45, 7) is 1.37. The van der Waals surface area contributed by atoms with Crippen LogP contribution in [0.15, 0.2) is 45.7 Å². The molecule has 0 saturated carbocycles. The third-order valence-electron chi connectivity index (χ3n) is 4.60. The number of nitrogens with one attached hydrogen (secondary N) is 1. The second-order valence-corrected chi connectivity index (χ2v) is 6.11. The fraction of sp³-hybridized carbons (Fsp3) is 0.353. The average Bonchev–Trinajstić information content (AvgIpc) is 3.24. The lowest BCUT2D eigenvalue weighted by Crippen LogP contribution is -2.41. The van der Waals surface area contributed by atoms with Gasteiger partial charge in [-0.05, 0) is 31.0 Å². The van der Waals surface area contributed by atoms with Crippen molar-refractivity contribution in [3.05, 3.63) is 52.8 Å². The molecular formula is C17H18N4O3. The van der Waals surface area contributed by atoms with Crippen molar-refractivity contribution in [1.82, 2.24) is 19.7 Å².